The highest BCUT2D eigenvalue weighted by molar-refractivity contribution is 6.05. The van der Waals surface area contributed by atoms with E-state index >= 15 is 0 Å². The molecule has 0 saturated carbocycles. The molecule has 0 radical (unpaired) electrons. The Morgan fingerprint density at radius 1 is 0.852 bits per heavy atom. The summed E-state index contributed by atoms with van der Waals surface area (Å²) in [6, 6.07) is 5.66. The number of ether oxygens (including phenoxy) is 2. The number of hydrogen-bond acceptors (Lipinski definition) is 4. The molecule has 0 amide bonds. The predicted molar refractivity (Wildman–Crippen MR) is 82.7 cm³/mol. The van der Waals surface area contributed by atoms with Crippen LogP contribution in [0.3, 0.4) is 0 Å². The van der Waals surface area contributed by atoms with Crippen LogP contribution >= 0.6 is 0 Å². The van der Waals surface area contributed by atoms with Crippen LogP contribution in [0.2, 0.25) is 0 Å². The van der Waals surface area contributed by atoms with Crippen LogP contribution < -0.4 is 4.74 Å². The molecule has 0 saturated heterocycles. The van der Waals surface area contributed by atoms with Crippen molar-refractivity contribution in [2.24, 2.45) is 0 Å². The summed E-state index contributed by atoms with van der Waals surface area (Å²) in [4.78, 5) is 23.8. The lowest BCUT2D eigenvalue weighted by Crippen LogP contribution is -2.12. The summed E-state index contributed by atoms with van der Waals surface area (Å²) < 4.78 is 76.3. The van der Waals surface area contributed by atoms with Gasteiger partial charge in [0.2, 0.25) is 5.82 Å². The third-order valence-electron chi connectivity index (χ3n) is 3.37. The standard InChI is InChI=1S/C18H11F5O4/c1-8(27-18(25)9-3-5-10(26-2)6-4-9)7-11(24)12-13(19)15(21)17(23)16(22)14(12)20/h3-7H,1-2H3/b8-7+. The van der Waals surface area contributed by atoms with Gasteiger partial charge in [-0.15, -0.1) is 0 Å². The Labute approximate surface area is 149 Å². The van der Waals surface area contributed by atoms with E-state index in [1.54, 1.807) is 0 Å². The first kappa shape index (κ1) is 20.1. The average Bonchev–Trinajstić information content (AvgIpc) is 2.64. The molecule has 0 fully saturated rings. The Balaban J connectivity index is 2.25. The van der Waals surface area contributed by atoms with Gasteiger partial charge in [-0.05, 0) is 31.2 Å². The zero-order valence-corrected chi connectivity index (χ0v) is 13.9. The van der Waals surface area contributed by atoms with Gasteiger partial charge >= 0.3 is 5.97 Å². The number of benzene rings is 2. The van der Waals surface area contributed by atoms with Crippen molar-refractivity contribution < 1.29 is 41.0 Å². The van der Waals surface area contributed by atoms with Crippen LogP contribution in [0.25, 0.3) is 0 Å². The SMILES string of the molecule is COc1ccc(C(=O)O/C(C)=C/C(=O)c2c(F)c(F)c(F)c(F)c2F)cc1. The lowest BCUT2D eigenvalue weighted by molar-refractivity contribution is 0.0625. The Kier molecular flexibility index (Phi) is 5.94. The molecular weight excluding hydrogens is 375 g/mol. The smallest absolute Gasteiger partial charge is 0.343 e. The van der Waals surface area contributed by atoms with Crippen LogP contribution in [0.5, 0.6) is 5.75 Å². The lowest BCUT2D eigenvalue weighted by atomic mass is 10.1. The molecule has 2 rings (SSSR count). The molecule has 142 valence electrons. The van der Waals surface area contributed by atoms with Crippen LogP contribution in [0.4, 0.5) is 22.0 Å². The summed E-state index contributed by atoms with van der Waals surface area (Å²) in [5, 5.41) is 0. The fraction of sp³-hybridized carbons (Fsp3) is 0.111. The van der Waals surface area contributed by atoms with Crippen molar-refractivity contribution in [2.45, 2.75) is 6.92 Å². The second kappa shape index (κ2) is 7.98. The lowest BCUT2D eigenvalue weighted by Gasteiger charge is -2.07. The molecule has 9 heteroatoms. The van der Waals surface area contributed by atoms with E-state index < -0.39 is 52.2 Å². The molecule has 0 bridgehead atoms. The number of esters is 1. The third-order valence-corrected chi connectivity index (χ3v) is 3.37. The highest BCUT2D eigenvalue weighted by Gasteiger charge is 2.29. The summed E-state index contributed by atoms with van der Waals surface area (Å²) in [6.45, 7) is 1.10. The number of methoxy groups -OCH3 is 1. The molecule has 0 aliphatic carbocycles. The minimum atomic E-state index is -2.38. The van der Waals surface area contributed by atoms with Crippen LogP contribution in [-0.4, -0.2) is 18.9 Å². The molecule has 2 aromatic rings. The molecule has 27 heavy (non-hydrogen) atoms. The van der Waals surface area contributed by atoms with E-state index in [1.165, 1.54) is 31.4 Å². The maximum atomic E-state index is 13.6. The Morgan fingerprint density at radius 3 is 1.81 bits per heavy atom. The molecule has 0 aliphatic heterocycles. The Bertz CT molecular complexity index is 907. The first-order valence-electron chi connectivity index (χ1n) is 7.27. The number of rotatable bonds is 5. The number of carbonyl (C=O) groups is 2. The summed E-state index contributed by atoms with van der Waals surface area (Å²) in [6.07, 6.45) is 0.444. The molecule has 0 aliphatic rings. The number of carbonyl (C=O) groups excluding carboxylic acids is 2. The van der Waals surface area contributed by atoms with Crippen molar-refractivity contribution in [3.63, 3.8) is 0 Å². The van der Waals surface area contributed by atoms with Crippen LogP contribution in [-0.2, 0) is 4.74 Å². The van der Waals surface area contributed by atoms with Crippen molar-refractivity contribution in [2.75, 3.05) is 7.11 Å². The zero-order valence-electron chi connectivity index (χ0n) is 13.9. The van der Waals surface area contributed by atoms with Gasteiger partial charge in [0.15, 0.2) is 29.1 Å². The second-order valence-electron chi connectivity index (χ2n) is 5.18. The quantitative estimate of drug-likeness (QED) is 0.146. The van der Waals surface area contributed by atoms with E-state index in [1.807, 2.05) is 0 Å². The predicted octanol–water partition coefficient (Wildman–Crippen LogP) is 4.33. The molecule has 0 heterocycles. The average molecular weight is 386 g/mol. The van der Waals surface area contributed by atoms with Crippen LogP contribution in [0, 0.1) is 29.1 Å². The van der Waals surface area contributed by atoms with E-state index in [0.717, 1.165) is 6.92 Å². The molecular formula is C18H11F5O4. The molecule has 0 spiro atoms. The first-order chi connectivity index (χ1) is 12.7. The van der Waals surface area contributed by atoms with E-state index in [0.29, 0.717) is 11.8 Å². The van der Waals surface area contributed by atoms with Gasteiger partial charge in [0.25, 0.3) is 0 Å². The third kappa shape index (κ3) is 4.13. The molecule has 2 aromatic carbocycles. The monoisotopic (exact) mass is 386 g/mol. The summed E-state index contributed by atoms with van der Waals surface area (Å²) in [5.41, 5.74) is -1.57. The highest BCUT2D eigenvalue weighted by atomic mass is 19.2. The Hall–Kier alpha value is -3.23. The first-order valence-corrected chi connectivity index (χ1v) is 7.27. The van der Waals surface area contributed by atoms with E-state index in [2.05, 4.69) is 0 Å². The van der Waals surface area contributed by atoms with E-state index in [9.17, 15) is 31.5 Å². The zero-order chi connectivity index (χ0) is 20.3. The number of allylic oxidation sites excluding steroid dienone is 2. The van der Waals surface area contributed by atoms with Crippen LogP contribution in [0.1, 0.15) is 27.6 Å². The topological polar surface area (TPSA) is 52.6 Å². The summed E-state index contributed by atoms with van der Waals surface area (Å²) in [7, 11) is 1.42. The number of halogens is 5. The van der Waals surface area contributed by atoms with Crippen molar-refractivity contribution in [3.8, 4) is 5.75 Å². The van der Waals surface area contributed by atoms with Gasteiger partial charge in [-0.3, -0.25) is 4.79 Å². The molecule has 0 unspecified atom stereocenters. The minimum absolute atomic E-state index is 0.0761. The molecule has 0 N–H and O–H groups in total. The number of hydrogen-bond donors (Lipinski definition) is 0. The van der Waals surface area contributed by atoms with Gasteiger partial charge in [-0.1, -0.05) is 0 Å². The largest absolute Gasteiger partial charge is 0.497 e. The van der Waals surface area contributed by atoms with Crippen molar-refractivity contribution in [1.82, 2.24) is 0 Å². The fourth-order valence-electron chi connectivity index (χ4n) is 2.04. The van der Waals surface area contributed by atoms with Crippen molar-refractivity contribution >= 4 is 11.8 Å². The van der Waals surface area contributed by atoms with Gasteiger partial charge in [-0.25, -0.2) is 26.7 Å². The minimum Gasteiger partial charge on any atom is -0.497 e. The van der Waals surface area contributed by atoms with Gasteiger partial charge in [0.1, 0.15) is 11.5 Å². The van der Waals surface area contributed by atoms with E-state index in [4.69, 9.17) is 9.47 Å². The number of ketones is 1. The molecule has 0 aromatic heterocycles. The van der Waals surface area contributed by atoms with Crippen molar-refractivity contribution in [3.05, 3.63) is 76.3 Å². The summed E-state index contributed by atoms with van der Waals surface area (Å²) in [5.74, 6) is -13.8. The van der Waals surface area contributed by atoms with Gasteiger partial charge in [0, 0.05) is 6.08 Å². The molecule has 4 nitrogen and oxygen atoms in total. The summed E-state index contributed by atoms with van der Waals surface area (Å²) >= 11 is 0. The molecule has 0 atom stereocenters. The Morgan fingerprint density at radius 2 is 1.33 bits per heavy atom. The van der Waals surface area contributed by atoms with Gasteiger partial charge in [0.05, 0.1) is 18.2 Å². The maximum Gasteiger partial charge on any atom is 0.343 e. The van der Waals surface area contributed by atoms with E-state index in [-0.39, 0.29) is 5.56 Å². The van der Waals surface area contributed by atoms with Gasteiger partial charge in [-0.2, -0.15) is 0 Å². The normalized spacial score (nSPS) is 11.3. The second-order valence-corrected chi connectivity index (χ2v) is 5.18. The fourth-order valence-corrected chi connectivity index (χ4v) is 2.04. The van der Waals surface area contributed by atoms with Crippen LogP contribution in [0.15, 0.2) is 36.1 Å². The van der Waals surface area contributed by atoms with Gasteiger partial charge < -0.3 is 9.47 Å². The van der Waals surface area contributed by atoms with Crippen molar-refractivity contribution in [1.29, 1.82) is 0 Å². The maximum absolute atomic E-state index is 13.6. The highest BCUT2D eigenvalue weighted by Crippen LogP contribution is 2.24.